The highest BCUT2D eigenvalue weighted by atomic mass is 32.2. The molecule has 0 heterocycles. The van der Waals surface area contributed by atoms with Crippen molar-refractivity contribution in [2.24, 2.45) is 5.92 Å². The van der Waals surface area contributed by atoms with Crippen molar-refractivity contribution in [3.63, 3.8) is 0 Å². The minimum absolute atomic E-state index is 0.0138. The molecule has 0 unspecified atom stereocenters. The maximum absolute atomic E-state index is 11.3. The number of nitrogens with one attached hydrogen (secondary N) is 2. The number of thioether (sulfide) groups is 1. The predicted octanol–water partition coefficient (Wildman–Crippen LogP) is 0.587. The molecule has 0 saturated carbocycles. The molecule has 2 N–H and O–H groups in total. The molecule has 0 rings (SSSR count). The maximum Gasteiger partial charge on any atom is 0.230 e. The van der Waals surface area contributed by atoms with Crippen molar-refractivity contribution in [2.75, 3.05) is 24.6 Å². The summed E-state index contributed by atoms with van der Waals surface area (Å²) in [7, 11) is 0. The second-order valence-corrected chi connectivity index (χ2v) is 5.41. The predicted molar refractivity (Wildman–Crippen MR) is 73.5 cm³/mol. The second kappa shape index (κ2) is 9.94. The van der Waals surface area contributed by atoms with Gasteiger partial charge in [0.15, 0.2) is 0 Å². The van der Waals surface area contributed by atoms with Gasteiger partial charge in [0.2, 0.25) is 11.8 Å². The summed E-state index contributed by atoms with van der Waals surface area (Å²) in [5.74, 6) is 1.04. The van der Waals surface area contributed by atoms with Gasteiger partial charge in [0.05, 0.1) is 5.75 Å². The molecule has 0 aliphatic rings. The highest BCUT2D eigenvalue weighted by molar-refractivity contribution is 7.99. The van der Waals surface area contributed by atoms with Gasteiger partial charge < -0.3 is 10.6 Å². The van der Waals surface area contributed by atoms with Gasteiger partial charge in [-0.25, -0.2) is 0 Å². The van der Waals surface area contributed by atoms with Gasteiger partial charge in [-0.05, 0) is 6.92 Å². The van der Waals surface area contributed by atoms with Crippen LogP contribution in [0.15, 0.2) is 0 Å². The van der Waals surface area contributed by atoms with Gasteiger partial charge in [-0.15, -0.1) is 0 Å². The van der Waals surface area contributed by atoms with E-state index in [2.05, 4.69) is 10.6 Å². The van der Waals surface area contributed by atoms with Gasteiger partial charge in [-0.2, -0.15) is 11.8 Å². The van der Waals surface area contributed by atoms with Crippen LogP contribution in [0.2, 0.25) is 0 Å². The van der Waals surface area contributed by atoms with Crippen LogP contribution in [0.1, 0.15) is 27.2 Å². The lowest BCUT2D eigenvalue weighted by molar-refractivity contribution is -0.124. The summed E-state index contributed by atoms with van der Waals surface area (Å²) in [6.07, 6.45) is 0.502. The third-order valence-electron chi connectivity index (χ3n) is 2.10. The molecule has 0 radical (unpaired) electrons. The highest BCUT2D eigenvalue weighted by Crippen LogP contribution is 2.01. The van der Waals surface area contributed by atoms with E-state index < -0.39 is 0 Å². The Kier molecular flexibility index (Phi) is 9.36. The summed E-state index contributed by atoms with van der Waals surface area (Å²) in [5, 5.41) is 5.42. The topological polar surface area (TPSA) is 75.3 Å². The van der Waals surface area contributed by atoms with E-state index in [0.717, 1.165) is 0 Å². The number of rotatable bonds is 9. The van der Waals surface area contributed by atoms with E-state index in [9.17, 15) is 14.4 Å². The summed E-state index contributed by atoms with van der Waals surface area (Å²) in [6, 6.07) is 0. The fourth-order valence-electron chi connectivity index (χ4n) is 1.02. The van der Waals surface area contributed by atoms with Crippen molar-refractivity contribution in [3.8, 4) is 0 Å². The quantitative estimate of drug-likeness (QED) is 0.603. The zero-order valence-corrected chi connectivity index (χ0v) is 12.1. The third kappa shape index (κ3) is 10.1. The SMILES string of the molecule is CC(=O)CCSCC(=O)NCCNC(=O)C(C)C. The van der Waals surface area contributed by atoms with Crippen molar-refractivity contribution in [3.05, 3.63) is 0 Å². The lowest BCUT2D eigenvalue weighted by atomic mass is 10.2. The van der Waals surface area contributed by atoms with Crippen molar-refractivity contribution < 1.29 is 14.4 Å². The van der Waals surface area contributed by atoms with Crippen LogP contribution in [-0.4, -0.2) is 42.2 Å². The first-order valence-electron chi connectivity index (χ1n) is 6.05. The first-order valence-corrected chi connectivity index (χ1v) is 7.20. The summed E-state index contributed by atoms with van der Waals surface area (Å²) in [5.41, 5.74) is 0. The van der Waals surface area contributed by atoms with Crippen molar-refractivity contribution in [1.82, 2.24) is 10.6 Å². The van der Waals surface area contributed by atoms with Crippen molar-refractivity contribution in [2.45, 2.75) is 27.2 Å². The van der Waals surface area contributed by atoms with Gasteiger partial charge in [-0.3, -0.25) is 14.4 Å². The van der Waals surface area contributed by atoms with Crippen LogP contribution in [0.4, 0.5) is 0 Å². The smallest absolute Gasteiger partial charge is 0.230 e. The van der Waals surface area contributed by atoms with E-state index in [4.69, 9.17) is 0 Å². The van der Waals surface area contributed by atoms with E-state index in [1.54, 1.807) is 0 Å². The average Bonchev–Trinajstić information content (AvgIpc) is 2.29. The van der Waals surface area contributed by atoms with Crippen LogP contribution in [0.25, 0.3) is 0 Å². The number of ketones is 1. The van der Waals surface area contributed by atoms with Crippen molar-refractivity contribution >= 4 is 29.4 Å². The normalized spacial score (nSPS) is 10.2. The molecule has 18 heavy (non-hydrogen) atoms. The molecule has 5 nitrogen and oxygen atoms in total. The number of hydrogen-bond acceptors (Lipinski definition) is 4. The fourth-order valence-corrected chi connectivity index (χ4v) is 1.89. The number of amides is 2. The Hall–Kier alpha value is -1.04. The van der Waals surface area contributed by atoms with Gasteiger partial charge in [0, 0.05) is 31.2 Å². The zero-order chi connectivity index (χ0) is 14.0. The van der Waals surface area contributed by atoms with E-state index in [1.807, 2.05) is 13.8 Å². The Morgan fingerprint density at radius 2 is 1.72 bits per heavy atom. The Labute approximate surface area is 112 Å². The van der Waals surface area contributed by atoms with E-state index in [0.29, 0.717) is 31.0 Å². The molecular formula is C12H22N2O3S. The summed E-state index contributed by atoms with van der Waals surface area (Å²) < 4.78 is 0. The molecule has 0 bridgehead atoms. The minimum atomic E-state index is -0.0673. The monoisotopic (exact) mass is 274 g/mol. The van der Waals surface area contributed by atoms with Gasteiger partial charge in [-0.1, -0.05) is 13.8 Å². The van der Waals surface area contributed by atoms with Gasteiger partial charge >= 0.3 is 0 Å². The molecular weight excluding hydrogens is 252 g/mol. The van der Waals surface area contributed by atoms with Crippen LogP contribution in [0.5, 0.6) is 0 Å². The summed E-state index contributed by atoms with van der Waals surface area (Å²) >= 11 is 1.44. The van der Waals surface area contributed by atoms with Crippen LogP contribution in [-0.2, 0) is 14.4 Å². The highest BCUT2D eigenvalue weighted by Gasteiger charge is 2.05. The molecule has 0 saturated heterocycles. The molecule has 0 atom stereocenters. The Morgan fingerprint density at radius 1 is 1.11 bits per heavy atom. The molecule has 0 aliphatic carbocycles. The Bertz CT molecular complexity index is 293. The summed E-state index contributed by atoms with van der Waals surface area (Å²) in [6.45, 7) is 6.06. The molecule has 104 valence electrons. The summed E-state index contributed by atoms with van der Waals surface area (Å²) in [4.78, 5) is 33.2. The Balaban J connectivity index is 3.43. The lowest BCUT2D eigenvalue weighted by Gasteiger charge is -2.08. The Morgan fingerprint density at radius 3 is 2.28 bits per heavy atom. The molecule has 2 amide bonds. The second-order valence-electron chi connectivity index (χ2n) is 4.30. The number of hydrogen-bond donors (Lipinski definition) is 2. The number of Topliss-reactive ketones (excluding diaryl/α,β-unsaturated/α-hetero) is 1. The number of carbonyl (C=O) groups is 3. The number of carbonyl (C=O) groups excluding carboxylic acids is 3. The van der Waals surface area contributed by atoms with Gasteiger partial charge in [0.25, 0.3) is 0 Å². The van der Waals surface area contributed by atoms with Gasteiger partial charge in [0.1, 0.15) is 5.78 Å². The molecule has 0 spiro atoms. The van der Waals surface area contributed by atoms with E-state index in [1.165, 1.54) is 18.7 Å². The average molecular weight is 274 g/mol. The largest absolute Gasteiger partial charge is 0.354 e. The van der Waals surface area contributed by atoms with Crippen LogP contribution in [0.3, 0.4) is 0 Å². The zero-order valence-electron chi connectivity index (χ0n) is 11.2. The first kappa shape index (κ1) is 17.0. The molecule has 0 aliphatic heterocycles. The third-order valence-corrected chi connectivity index (χ3v) is 3.06. The minimum Gasteiger partial charge on any atom is -0.354 e. The molecule has 0 aromatic heterocycles. The molecule has 0 aromatic rings. The lowest BCUT2D eigenvalue weighted by Crippen LogP contribution is -2.37. The molecule has 0 fully saturated rings. The van der Waals surface area contributed by atoms with E-state index >= 15 is 0 Å². The van der Waals surface area contributed by atoms with Crippen LogP contribution < -0.4 is 10.6 Å². The fraction of sp³-hybridized carbons (Fsp3) is 0.750. The maximum atomic E-state index is 11.3. The molecule has 0 aromatic carbocycles. The van der Waals surface area contributed by atoms with Crippen LogP contribution in [0, 0.1) is 5.92 Å². The van der Waals surface area contributed by atoms with Crippen molar-refractivity contribution in [1.29, 1.82) is 0 Å². The van der Waals surface area contributed by atoms with Crippen LogP contribution >= 0.6 is 11.8 Å². The van der Waals surface area contributed by atoms with E-state index in [-0.39, 0.29) is 23.5 Å². The molecule has 6 heteroatoms. The standard InChI is InChI=1S/C12H22N2O3S/c1-9(2)12(17)14-6-5-13-11(16)8-18-7-4-10(3)15/h9H,4-8H2,1-3H3,(H,13,16)(H,14,17). The first-order chi connectivity index (χ1) is 8.43.